The first-order valence-electron chi connectivity index (χ1n) is 7.21. The van der Waals surface area contributed by atoms with Crippen molar-refractivity contribution in [1.29, 1.82) is 0 Å². The molecule has 0 spiro atoms. The molecule has 0 radical (unpaired) electrons. The van der Waals surface area contributed by atoms with Gasteiger partial charge in [-0.05, 0) is 69.3 Å². The molecule has 3 nitrogen and oxygen atoms in total. The lowest BCUT2D eigenvalue weighted by molar-refractivity contribution is -0.122. The highest BCUT2D eigenvalue weighted by Gasteiger charge is 2.34. The number of rotatable bonds is 3. The Hall–Kier alpha value is -1.35. The van der Waals surface area contributed by atoms with Crippen molar-refractivity contribution in [3.8, 4) is 0 Å². The van der Waals surface area contributed by atoms with E-state index in [0.29, 0.717) is 0 Å². The maximum Gasteiger partial charge on any atom is 0.244 e. The van der Waals surface area contributed by atoms with Crippen LogP contribution in [0.25, 0.3) is 0 Å². The lowest BCUT2D eigenvalue weighted by atomic mass is 9.90. The molecule has 19 heavy (non-hydrogen) atoms. The third kappa shape index (κ3) is 3.16. The molecule has 1 amide bonds. The molecular weight excluding hydrogens is 236 g/mol. The molecule has 1 aromatic carbocycles. The molecule has 0 aromatic heterocycles. The van der Waals surface area contributed by atoms with E-state index < -0.39 is 5.54 Å². The summed E-state index contributed by atoms with van der Waals surface area (Å²) < 4.78 is 0. The summed E-state index contributed by atoms with van der Waals surface area (Å²) in [7, 11) is 0. The van der Waals surface area contributed by atoms with E-state index in [1.807, 2.05) is 13.0 Å². The van der Waals surface area contributed by atoms with Crippen molar-refractivity contribution in [3.63, 3.8) is 0 Å². The van der Waals surface area contributed by atoms with Gasteiger partial charge in [-0.2, -0.15) is 0 Å². The quantitative estimate of drug-likeness (QED) is 0.877. The minimum Gasteiger partial charge on any atom is -0.324 e. The molecule has 1 aliphatic heterocycles. The number of nitrogens with one attached hydrogen (secondary N) is 2. The van der Waals surface area contributed by atoms with Gasteiger partial charge in [0, 0.05) is 5.69 Å². The fraction of sp³-hybridized carbons (Fsp3) is 0.562. The fourth-order valence-electron chi connectivity index (χ4n) is 2.65. The molecule has 104 valence electrons. The molecule has 3 heteroatoms. The highest BCUT2D eigenvalue weighted by Crippen LogP contribution is 2.22. The first-order valence-corrected chi connectivity index (χ1v) is 7.21. The van der Waals surface area contributed by atoms with Crippen LogP contribution in [0.1, 0.15) is 44.2 Å². The molecule has 1 saturated heterocycles. The normalized spacial score (nSPS) is 23.1. The van der Waals surface area contributed by atoms with E-state index in [-0.39, 0.29) is 5.91 Å². The van der Waals surface area contributed by atoms with E-state index in [1.54, 1.807) is 0 Å². The molecule has 1 heterocycles. The van der Waals surface area contributed by atoms with Gasteiger partial charge in [0.1, 0.15) is 0 Å². The average Bonchev–Trinajstić information content (AvgIpc) is 2.41. The first kappa shape index (κ1) is 14.1. The van der Waals surface area contributed by atoms with Gasteiger partial charge in [-0.3, -0.25) is 4.79 Å². The van der Waals surface area contributed by atoms with Gasteiger partial charge in [0.05, 0.1) is 5.54 Å². The highest BCUT2D eigenvalue weighted by atomic mass is 16.2. The van der Waals surface area contributed by atoms with E-state index in [4.69, 9.17) is 0 Å². The molecule has 1 unspecified atom stereocenters. The van der Waals surface area contributed by atoms with Gasteiger partial charge in [-0.25, -0.2) is 0 Å². The van der Waals surface area contributed by atoms with Crippen molar-refractivity contribution < 1.29 is 4.79 Å². The van der Waals surface area contributed by atoms with Gasteiger partial charge in [-0.15, -0.1) is 0 Å². The van der Waals surface area contributed by atoms with Gasteiger partial charge in [-0.1, -0.05) is 13.0 Å². The second kappa shape index (κ2) is 5.74. The second-order valence-electron chi connectivity index (χ2n) is 5.66. The molecular formula is C16H24N2O. The van der Waals surface area contributed by atoms with Crippen molar-refractivity contribution in [3.05, 3.63) is 29.3 Å². The summed E-state index contributed by atoms with van der Waals surface area (Å²) in [5.41, 5.74) is 3.05. The maximum absolute atomic E-state index is 12.4. The largest absolute Gasteiger partial charge is 0.324 e. The van der Waals surface area contributed by atoms with Crippen molar-refractivity contribution in [2.24, 2.45) is 0 Å². The Labute approximate surface area is 115 Å². The van der Waals surface area contributed by atoms with E-state index >= 15 is 0 Å². The van der Waals surface area contributed by atoms with Crippen LogP contribution < -0.4 is 10.6 Å². The summed E-state index contributed by atoms with van der Waals surface area (Å²) >= 11 is 0. The lowest BCUT2D eigenvalue weighted by Gasteiger charge is -2.33. The third-order valence-electron chi connectivity index (χ3n) is 4.11. The Morgan fingerprint density at radius 3 is 2.84 bits per heavy atom. The molecule has 0 saturated carbocycles. The fourth-order valence-corrected chi connectivity index (χ4v) is 2.65. The van der Waals surface area contributed by atoms with Gasteiger partial charge in [0.15, 0.2) is 0 Å². The SMILES string of the molecule is CCc1cc(NC(=O)C2(C)CCCCN2)ccc1C. The van der Waals surface area contributed by atoms with Crippen LogP contribution in [0.5, 0.6) is 0 Å². The molecule has 2 N–H and O–H groups in total. The first-order chi connectivity index (χ1) is 9.05. The van der Waals surface area contributed by atoms with Gasteiger partial charge >= 0.3 is 0 Å². The van der Waals surface area contributed by atoms with Crippen molar-refractivity contribution in [2.75, 3.05) is 11.9 Å². The van der Waals surface area contributed by atoms with Gasteiger partial charge in [0.2, 0.25) is 5.91 Å². The summed E-state index contributed by atoms with van der Waals surface area (Å²) in [6, 6.07) is 6.14. The Kier molecular flexibility index (Phi) is 4.25. The predicted molar refractivity (Wildman–Crippen MR) is 79.4 cm³/mol. The van der Waals surface area contributed by atoms with Gasteiger partial charge in [0.25, 0.3) is 0 Å². The summed E-state index contributed by atoms with van der Waals surface area (Å²) in [6.45, 7) is 7.17. The molecule has 2 rings (SSSR count). The Bertz CT molecular complexity index is 462. The molecule has 1 aliphatic rings. The summed E-state index contributed by atoms with van der Waals surface area (Å²) in [6.07, 6.45) is 4.18. The number of piperidine rings is 1. The number of aryl methyl sites for hydroxylation is 2. The Morgan fingerprint density at radius 2 is 2.21 bits per heavy atom. The topological polar surface area (TPSA) is 41.1 Å². The number of carbonyl (C=O) groups excluding carboxylic acids is 1. The predicted octanol–water partition coefficient (Wildman–Crippen LogP) is 3.03. The zero-order valence-electron chi connectivity index (χ0n) is 12.2. The standard InChI is InChI=1S/C16H24N2O/c1-4-13-11-14(8-7-12(13)2)18-15(19)16(3)9-5-6-10-17-16/h7-8,11,17H,4-6,9-10H2,1-3H3,(H,18,19). The number of hydrogen-bond acceptors (Lipinski definition) is 2. The van der Waals surface area contributed by atoms with Crippen LogP contribution in [0.2, 0.25) is 0 Å². The van der Waals surface area contributed by atoms with Crippen LogP contribution in [0, 0.1) is 6.92 Å². The molecule has 1 aromatic rings. The van der Waals surface area contributed by atoms with Crippen LogP contribution in [0.3, 0.4) is 0 Å². The number of anilines is 1. The van der Waals surface area contributed by atoms with Crippen LogP contribution in [0.4, 0.5) is 5.69 Å². The monoisotopic (exact) mass is 260 g/mol. The average molecular weight is 260 g/mol. The summed E-state index contributed by atoms with van der Waals surface area (Å²) in [5, 5.41) is 6.40. The number of carbonyl (C=O) groups is 1. The molecule has 1 fully saturated rings. The van der Waals surface area contributed by atoms with E-state index in [1.165, 1.54) is 11.1 Å². The Balaban J connectivity index is 2.10. The maximum atomic E-state index is 12.4. The second-order valence-corrected chi connectivity index (χ2v) is 5.66. The third-order valence-corrected chi connectivity index (χ3v) is 4.11. The summed E-state index contributed by atoms with van der Waals surface area (Å²) in [5.74, 6) is 0.0816. The minimum absolute atomic E-state index is 0.0816. The molecule has 0 bridgehead atoms. The van der Waals surface area contributed by atoms with Crippen molar-refractivity contribution >= 4 is 11.6 Å². The number of benzene rings is 1. The minimum atomic E-state index is -0.421. The zero-order chi connectivity index (χ0) is 13.9. The van der Waals surface area contributed by atoms with Crippen LogP contribution in [-0.2, 0) is 11.2 Å². The van der Waals surface area contributed by atoms with Gasteiger partial charge < -0.3 is 10.6 Å². The Morgan fingerprint density at radius 1 is 1.42 bits per heavy atom. The number of amides is 1. The van der Waals surface area contributed by atoms with Crippen molar-refractivity contribution in [1.82, 2.24) is 5.32 Å². The van der Waals surface area contributed by atoms with Crippen LogP contribution in [-0.4, -0.2) is 18.0 Å². The van der Waals surface area contributed by atoms with E-state index in [0.717, 1.165) is 37.9 Å². The number of hydrogen-bond donors (Lipinski definition) is 2. The zero-order valence-corrected chi connectivity index (χ0v) is 12.2. The van der Waals surface area contributed by atoms with E-state index in [9.17, 15) is 4.79 Å². The molecule has 1 atom stereocenters. The summed E-state index contributed by atoms with van der Waals surface area (Å²) in [4.78, 5) is 12.4. The smallest absolute Gasteiger partial charge is 0.244 e. The van der Waals surface area contributed by atoms with Crippen molar-refractivity contribution in [2.45, 2.75) is 52.0 Å². The van der Waals surface area contributed by atoms with E-state index in [2.05, 4.69) is 36.6 Å². The lowest BCUT2D eigenvalue weighted by Crippen LogP contribution is -2.54. The highest BCUT2D eigenvalue weighted by molar-refractivity contribution is 5.98. The molecule has 0 aliphatic carbocycles. The van der Waals surface area contributed by atoms with Crippen LogP contribution in [0.15, 0.2) is 18.2 Å². The van der Waals surface area contributed by atoms with Crippen LogP contribution >= 0.6 is 0 Å².